The summed E-state index contributed by atoms with van der Waals surface area (Å²) in [5, 5.41) is 2.50. The van der Waals surface area contributed by atoms with Crippen molar-refractivity contribution in [1.29, 1.82) is 0 Å². The number of benzene rings is 1. The number of amides is 1. The number of halogens is 2. The Morgan fingerprint density at radius 1 is 1.50 bits per heavy atom. The molecule has 0 radical (unpaired) electrons. The fraction of sp³-hybridized carbons (Fsp3) is 0.364. The molecule has 0 aliphatic heterocycles. The van der Waals surface area contributed by atoms with E-state index in [4.69, 9.17) is 5.73 Å². The van der Waals surface area contributed by atoms with E-state index in [1.165, 1.54) is 12.1 Å². The fourth-order valence-corrected chi connectivity index (χ4v) is 1.41. The second-order valence-corrected chi connectivity index (χ2v) is 4.68. The van der Waals surface area contributed by atoms with Crippen molar-refractivity contribution in [1.82, 2.24) is 0 Å². The predicted molar refractivity (Wildman–Crippen MR) is 65.5 cm³/mol. The number of nitrogens with one attached hydrogen (secondary N) is 1. The molecule has 16 heavy (non-hydrogen) atoms. The number of hydrogen-bond donors (Lipinski definition) is 2. The molecular weight excluding hydrogens is 275 g/mol. The van der Waals surface area contributed by atoms with Crippen molar-refractivity contribution in [2.75, 3.05) is 5.32 Å². The number of anilines is 1. The van der Waals surface area contributed by atoms with Gasteiger partial charge in [0.1, 0.15) is 5.82 Å². The van der Waals surface area contributed by atoms with E-state index < -0.39 is 5.82 Å². The summed E-state index contributed by atoms with van der Waals surface area (Å²) in [7, 11) is 0. The minimum Gasteiger partial charge on any atom is -0.327 e. The van der Waals surface area contributed by atoms with Crippen LogP contribution in [0.4, 0.5) is 10.1 Å². The monoisotopic (exact) mass is 288 g/mol. The topological polar surface area (TPSA) is 55.1 Å². The molecule has 0 aromatic heterocycles. The van der Waals surface area contributed by atoms with Crippen LogP contribution in [-0.2, 0) is 4.79 Å². The highest BCUT2D eigenvalue weighted by Gasteiger charge is 2.18. The van der Waals surface area contributed by atoms with Gasteiger partial charge in [-0.3, -0.25) is 4.79 Å². The van der Waals surface area contributed by atoms with E-state index in [1.54, 1.807) is 19.9 Å². The first-order valence-corrected chi connectivity index (χ1v) is 5.72. The zero-order chi connectivity index (χ0) is 12.3. The maximum absolute atomic E-state index is 13.4. The SMILES string of the molecule is CC(N)C(C)C(=O)Nc1ccc(Br)cc1F. The molecule has 2 unspecified atom stereocenters. The molecule has 3 N–H and O–H groups in total. The predicted octanol–water partition coefficient (Wildman–Crippen LogP) is 2.51. The van der Waals surface area contributed by atoms with Crippen LogP contribution >= 0.6 is 15.9 Å². The lowest BCUT2D eigenvalue weighted by molar-refractivity contribution is -0.119. The van der Waals surface area contributed by atoms with Crippen LogP contribution in [0.15, 0.2) is 22.7 Å². The van der Waals surface area contributed by atoms with Gasteiger partial charge >= 0.3 is 0 Å². The summed E-state index contributed by atoms with van der Waals surface area (Å²) in [4.78, 5) is 11.6. The molecule has 0 heterocycles. The summed E-state index contributed by atoms with van der Waals surface area (Å²) in [5.41, 5.74) is 5.76. The maximum Gasteiger partial charge on any atom is 0.228 e. The summed E-state index contributed by atoms with van der Waals surface area (Å²) >= 11 is 3.14. The first-order valence-electron chi connectivity index (χ1n) is 4.93. The van der Waals surface area contributed by atoms with E-state index >= 15 is 0 Å². The second kappa shape index (κ2) is 5.41. The molecule has 0 saturated carbocycles. The van der Waals surface area contributed by atoms with Crippen LogP contribution in [0.2, 0.25) is 0 Å². The van der Waals surface area contributed by atoms with Gasteiger partial charge in [0.15, 0.2) is 0 Å². The van der Waals surface area contributed by atoms with E-state index in [0.29, 0.717) is 4.47 Å². The molecule has 1 amide bonds. The lowest BCUT2D eigenvalue weighted by Crippen LogP contribution is -2.34. The second-order valence-electron chi connectivity index (χ2n) is 3.76. The lowest BCUT2D eigenvalue weighted by Gasteiger charge is -2.15. The third kappa shape index (κ3) is 3.28. The molecule has 88 valence electrons. The van der Waals surface area contributed by atoms with Crippen molar-refractivity contribution in [3.05, 3.63) is 28.5 Å². The third-order valence-electron chi connectivity index (χ3n) is 2.39. The van der Waals surface area contributed by atoms with E-state index in [-0.39, 0.29) is 23.6 Å². The van der Waals surface area contributed by atoms with Gasteiger partial charge < -0.3 is 11.1 Å². The lowest BCUT2D eigenvalue weighted by atomic mass is 10.0. The quantitative estimate of drug-likeness (QED) is 0.898. The van der Waals surface area contributed by atoms with Gasteiger partial charge in [-0.25, -0.2) is 4.39 Å². The van der Waals surface area contributed by atoms with Crippen molar-refractivity contribution in [3.63, 3.8) is 0 Å². The Morgan fingerprint density at radius 2 is 2.12 bits per heavy atom. The number of hydrogen-bond acceptors (Lipinski definition) is 2. The Hall–Kier alpha value is -0.940. The molecule has 0 aliphatic carbocycles. The largest absolute Gasteiger partial charge is 0.327 e. The standard InChI is InChI=1S/C11H14BrFN2O/c1-6(7(2)14)11(16)15-10-4-3-8(12)5-9(10)13/h3-7H,14H2,1-2H3,(H,15,16). The van der Waals surface area contributed by atoms with Crippen molar-refractivity contribution in [2.45, 2.75) is 19.9 Å². The van der Waals surface area contributed by atoms with Crippen LogP contribution < -0.4 is 11.1 Å². The summed E-state index contributed by atoms with van der Waals surface area (Å²) in [6.45, 7) is 3.44. The minimum absolute atomic E-state index is 0.167. The van der Waals surface area contributed by atoms with Gasteiger partial charge in [-0.2, -0.15) is 0 Å². The smallest absolute Gasteiger partial charge is 0.228 e. The fourth-order valence-electron chi connectivity index (χ4n) is 1.08. The molecule has 0 fully saturated rings. The third-order valence-corrected chi connectivity index (χ3v) is 2.88. The Morgan fingerprint density at radius 3 is 2.62 bits per heavy atom. The maximum atomic E-state index is 13.4. The van der Waals surface area contributed by atoms with Crippen molar-refractivity contribution in [2.24, 2.45) is 11.7 Å². The summed E-state index contributed by atoms with van der Waals surface area (Å²) in [5.74, 6) is -1.11. The van der Waals surface area contributed by atoms with Gasteiger partial charge in [-0.05, 0) is 25.1 Å². The Kier molecular flexibility index (Phi) is 4.44. The van der Waals surface area contributed by atoms with Crippen LogP contribution in [0.3, 0.4) is 0 Å². The number of carbonyl (C=O) groups excluding carboxylic acids is 1. The highest BCUT2D eigenvalue weighted by atomic mass is 79.9. The van der Waals surface area contributed by atoms with Gasteiger partial charge in [0, 0.05) is 10.5 Å². The zero-order valence-electron chi connectivity index (χ0n) is 9.13. The Labute approximate surface area is 102 Å². The first kappa shape index (κ1) is 13.1. The van der Waals surface area contributed by atoms with Crippen molar-refractivity contribution < 1.29 is 9.18 Å². The Bertz CT molecular complexity index is 396. The van der Waals surface area contributed by atoms with E-state index in [2.05, 4.69) is 21.2 Å². The average Bonchev–Trinajstić information content (AvgIpc) is 2.20. The van der Waals surface area contributed by atoms with Crippen LogP contribution in [0.5, 0.6) is 0 Å². The summed E-state index contributed by atoms with van der Waals surface area (Å²) in [6.07, 6.45) is 0. The van der Waals surface area contributed by atoms with Crippen LogP contribution in [-0.4, -0.2) is 11.9 Å². The minimum atomic E-state index is -0.473. The molecule has 0 spiro atoms. The van der Waals surface area contributed by atoms with Gasteiger partial charge in [-0.1, -0.05) is 22.9 Å². The highest BCUT2D eigenvalue weighted by molar-refractivity contribution is 9.10. The number of rotatable bonds is 3. The van der Waals surface area contributed by atoms with E-state index in [1.807, 2.05) is 0 Å². The molecule has 1 aromatic carbocycles. The van der Waals surface area contributed by atoms with Crippen LogP contribution in [0.25, 0.3) is 0 Å². The zero-order valence-corrected chi connectivity index (χ0v) is 10.7. The molecule has 0 aliphatic rings. The van der Waals surface area contributed by atoms with Gasteiger partial charge in [0.25, 0.3) is 0 Å². The number of carbonyl (C=O) groups is 1. The van der Waals surface area contributed by atoms with Crippen LogP contribution in [0, 0.1) is 11.7 Å². The molecular formula is C11H14BrFN2O. The van der Waals surface area contributed by atoms with E-state index in [9.17, 15) is 9.18 Å². The summed E-state index contributed by atoms with van der Waals surface area (Å²) < 4.78 is 14.0. The van der Waals surface area contributed by atoms with Crippen molar-refractivity contribution >= 4 is 27.5 Å². The molecule has 1 aromatic rings. The molecule has 2 atom stereocenters. The first-order chi connectivity index (χ1) is 7.41. The molecule has 0 bridgehead atoms. The molecule has 3 nitrogen and oxygen atoms in total. The van der Waals surface area contributed by atoms with E-state index in [0.717, 1.165) is 0 Å². The van der Waals surface area contributed by atoms with Crippen LogP contribution in [0.1, 0.15) is 13.8 Å². The van der Waals surface area contributed by atoms with Crippen molar-refractivity contribution in [3.8, 4) is 0 Å². The Balaban J connectivity index is 2.77. The van der Waals surface area contributed by atoms with Gasteiger partial charge in [0.05, 0.1) is 11.6 Å². The number of nitrogens with two attached hydrogens (primary N) is 1. The van der Waals surface area contributed by atoms with Gasteiger partial charge in [-0.15, -0.1) is 0 Å². The average molecular weight is 289 g/mol. The molecule has 1 rings (SSSR count). The van der Waals surface area contributed by atoms with Gasteiger partial charge in [0.2, 0.25) is 5.91 Å². The normalized spacial score (nSPS) is 14.3. The molecule has 5 heteroatoms. The highest BCUT2D eigenvalue weighted by Crippen LogP contribution is 2.20. The summed E-state index contributed by atoms with van der Waals surface area (Å²) in [6, 6.07) is 4.20. The molecule has 0 saturated heterocycles.